The molecule has 4 heterocycles. The predicted octanol–water partition coefficient (Wildman–Crippen LogP) is 9.52. The van der Waals surface area contributed by atoms with Gasteiger partial charge in [-0.25, -0.2) is 9.69 Å². The van der Waals surface area contributed by atoms with E-state index in [9.17, 15) is 14.6 Å². The first-order valence-electron chi connectivity index (χ1n) is 21.4. The minimum atomic E-state index is -2.85. The standard InChI is InChI=1S/C52H44N8O6/c1-32(34-16-6-3-7-17-34)41(27-47(53)61)52(51(63)66-31-33-14-4-2-5-15-33,50(62)45-26-40-39-20-10-13-23-44(39)57-46(40)30-56-45)60(48(58-64)24-35-28-54-42-21-11-8-18-37(35)42)49(59-65)25-36-29-55-43-22-12-9-19-38(36)43/h2-23,26,28-30,41,48-49,54-55,57H,1,24-25,27,31H2,(H2,53,61)/t41?,48?,49?,52-/m1/s1. The van der Waals surface area contributed by atoms with Gasteiger partial charge in [-0.1, -0.05) is 132 Å². The van der Waals surface area contributed by atoms with E-state index in [0.717, 1.165) is 37.6 Å². The molecule has 1 amide bonds. The molecule has 66 heavy (non-hydrogen) atoms. The van der Waals surface area contributed by atoms with Crippen molar-refractivity contribution in [3.05, 3.63) is 202 Å². The van der Waals surface area contributed by atoms with E-state index in [-0.39, 0.29) is 30.7 Å². The third kappa shape index (κ3) is 7.94. The average Bonchev–Trinajstić information content (AvgIpc) is 4.08. The number of para-hydroxylation sites is 3. The molecule has 328 valence electrons. The number of nitrogens with two attached hydrogens (primary N) is 1. The van der Waals surface area contributed by atoms with E-state index < -0.39 is 47.9 Å². The number of nitrogens with zero attached hydrogens (tertiary/aromatic N) is 4. The predicted molar refractivity (Wildman–Crippen MR) is 255 cm³/mol. The Kier molecular flexibility index (Phi) is 12.0. The molecular formula is C52H44N8O6. The number of aromatic amines is 3. The van der Waals surface area contributed by atoms with E-state index in [4.69, 9.17) is 10.5 Å². The molecule has 0 spiro atoms. The van der Waals surface area contributed by atoms with Crippen molar-refractivity contribution < 1.29 is 19.1 Å². The number of carbonyl (C=O) groups is 3. The van der Waals surface area contributed by atoms with Crippen molar-refractivity contribution in [2.24, 2.45) is 22.0 Å². The highest BCUT2D eigenvalue weighted by atomic mass is 16.5. The fourth-order valence-corrected chi connectivity index (χ4v) is 9.31. The molecule has 4 atom stereocenters. The van der Waals surface area contributed by atoms with Gasteiger partial charge in [-0.3, -0.25) is 14.6 Å². The summed E-state index contributed by atoms with van der Waals surface area (Å²) in [5, 5.41) is 10.2. The lowest BCUT2D eigenvalue weighted by Gasteiger charge is -2.48. The van der Waals surface area contributed by atoms with Crippen molar-refractivity contribution in [1.82, 2.24) is 24.8 Å². The Morgan fingerprint density at radius 3 is 1.79 bits per heavy atom. The topological polar surface area (TPSA) is 209 Å². The van der Waals surface area contributed by atoms with Gasteiger partial charge in [0.2, 0.25) is 11.7 Å². The molecule has 14 heteroatoms. The fourth-order valence-electron chi connectivity index (χ4n) is 9.31. The van der Waals surface area contributed by atoms with Gasteiger partial charge in [-0.05, 0) is 52.1 Å². The van der Waals surface area contributed by atoms with E-state index in [0.29, 0.717) is 33.2 Å². The zero-order valence-electron chi connectivity index (χ0n) is 35.6. The molecule has 0 aliphatic heterocycles. The number of primary amides is 1. The summed E-state index contributed by atoms with van der Waals surface area (Å²) in [4.78, 5) is 89.9. The highest BCUT2D eigenvalue weighted by Gasteiger charge is 2.63. The summed E-state index contributed by atoms with van der Waals surface area (Å²) >= 11 is 0. The Balaban J connectivity index is 1.36. The molecule has 14 nitrogen and oxygen atoms in total. The summed E-state index contributed by atoms with van der Waals surface area (Å²) in [7, 11) is 0. The first-order valence-corrected chi connectivity index (χ1v) is 21.4. The molecule has 5 aromatic carbocycles. The number of ketones is 1. The lowest BCUT2D eigenvalue weighted by atomic mass is 9.69. The number of esters is 1. The van der Waals surface area contributed by atoms with Crippen LogP contribution in [0.4, 0.5) is 0 Å². The van der Waals surface area contributed by atoms with E-state index in [1.807, 2.05) is 72.8 Å². The van der Waals surface area contributed by atoms with Crippen LogP contribution in [0.2, 0.25) is 0 Å². The maximum atomic E-state index is 16.6. The minimum Gasteiger partial charge on any atom is -0.459 e. The molecule has 0 aliphatic carbocycles. The van der Waals surface area contributed by atoms with Gasteiger partial charge in [0.15, 0.2) is 17.9 Å². The number of aromatic nitrogens is 4. The van der Waals surface area contributed by atoms with E-state index >= 15 is 9.59 Å². The first kappa shape index (κ1) is 42.9. The van der Waals surface area contributed by atoms with Crippen LogP contribution in [0.15, 0.2) is 175 Å². The number of carbonyl (C=O) groups excluding carboxylic acids is 3. The molecule has 4 aromatic heterocycles. The lowest BCUT2D eigenvalue weighted by molar-refractivity contribution is -0.163. The van der Waals surface area contributed by atoms with Crippen LogP contribution in [0.3, 0.4) is 0 Å². The van der Waals surface area contributed by atoms with Crippen LogP contribution in [-0.2, 0) is 33.8 Å². The quantitative estimate of drug-likeness (QED) is 0.0265. The minimum absolute atomic E-state index is 0.117. The largest absolute Gasteiger partial charge is 0.459 e. The van der Waals surface area contributed by atoms with Crippen molar-refractivity contribution >= 4 is 66.8 Å². The van der Waals surface area contributed by atoms with Crippen molar-refractivity contribution in [3.63, 3.8) is 0 Å². The Labute approximate surface area is 377 Å². The van der Waals surface area contributed by atoms with E-state index in [1.165, 1.54) is 6.20 Å². The molecule has 0 aliphatic rings. The smallest absolute Gasteiger partial charge is 0.335 e. The van der Waals surface area contributed by atoms with Crippen molar-refractivity contribution in [1.29, 1.82) is 0 Å². The molecular weight excluding hydrogens is 833 g/mol. The molecule has 0 saturated carbocycles. The molecule has 0 saturated heterocycles. The van der Waals surface area contributed by atoms with Crippen molar-refractivity contribution in [2.45, 2.75) is 43.7 Å². The SMILES string of the molecule is C=C(c1ccccc1)C(CC(N)=O)[C@](C(=O)OCc1ccccc1)(C(=O)c1cc2c(cn1)[nH]c1ccccc12)N(C(Cc1c[nH]c2ccccc12)N=O)C(Cc1c[nH]c2ccccc12)N=O. The van der Waals surface area contributed by atoms with Gasteiger partial charge in [-0.15, -0.1) is 9.81 Å². The van der Waals surface area contributed by atoms with Crippen LogP contribution < -0.4 is 5.73 Å². The molecule has 0 fully saturated rings. The number of hydrogen-bond donors (Lipinski definition) is 4. The number of nitrogens with one attached hydrogen (secondary N) is 3. The second-order valence-electron chi connectivity index (χ2n) is 16.3. The van der Waals surface area contributed by atoms with E-state index in [1.54, 1.807) is 79.1 Å². The highest BCUT2D eigenvalue weighted by molar-refractivity contribution is 6.19. The maximum absolute atomic E-state index is 16.6. The van der Waals surface area contributed by atoms with Gasteiger partial charge in [0, 0.05) is 75.7 Å². The van der Waals surface area contributed by atoms with Gasteiger partial charge in [0.25, 0.3) is 0 Å². The summed E-state index contributed by atoms with van der Waals surface area (Å²) in [6.07, 6.45) is 0.333. The number of hydrogen-bond acceptors (Lipinski definition) is 10. The normalized spacial score (nSPS) is 13.9. The zero-order valence-corrected chi connectivity index (χ0v) is 35.6. The Hall–Kier alpha value is -8.36. The average molecular weight is 877 g/mol. The number of ether oxygens (including phenoxy) is 1. The lowest BCUT2D eigenvalue weighted by Crippen LogP contribution is -2.70. The van der Waals surface area contributed by atoms with Gasteiger partial charge >= 0.3 is 5.97 Å². The molecule has 0 radical (unpaired) electrons. The van der Waals surface area contributed by atoms with Crippen LogP contribution in [0.1, 0.15) is 39.2 Å². The van der Waals surface area contributed by atoms with E-state index in [2.05, 4.69) is 36.9 Å². The Morgan fingerprint density at radius 1 is 0.682 bits per heavy atom. The molecule has 3 unspecified atom stereocenters. The second-order valence-corrected chi connectivity index (χ2v) is 16.3. The third-order valence-corrected chi connectivity index (χ3v) is 12.4. The van der Waals surface area contributed by atoms with Crippen molar-refractivity contribution in [2.75, 3.05) is 0 Å². The molecule has 0 bridgehead atoms. The number of pyridine rings is 1. The number of H-pyrrole nitrogens is 3. The van der Waals surface area contributed by atoms with Gasteiger partial charge < -0.3 is 25.4 Å². The second kappa shape index (κ2) is 18.4. The monoisotopic (exact) mass is 876 g/mol. The molecule has 9 rings (SSSR count). The van der Waals surface area contributed by atoms with Crippen molar-refractivity contribution in [3.8, 4) is 0 Å². The van der Waals surface area contributed by atoms with Crippen LogP contribution in [-0.4, -0.2) is 60.4 Å². The van der Waals surface area contributed by atoms with Gasteiger partial charge in [0.1, 0.15) is 12.3 Å². The zero-order chi connectivity index (χ0) is 45.8. The number of fused-ring (bicyclic) bond motifs is 5. The van der Waals surface area contributed by atoms with Gasteiger partial charge in [0.05, 0.1) is 11.7 Å². The summed E-state index contributed by atoms with van der Waals surface area (Å²) in [6, 6.07) is 41.3. The molecule has 9 aromatic rings. The maximum Gasteiger partial charge on any atom is 0.335 e. The number of amides is 1. The van der Waals surface area contributed by atoms with Gasteiger partial charge in [-0.2, -0.15) is 0 Å². The number of nitroso groups, excluding NO2 is 2. The van der Waals surface area contributed by atoms with Crippen LogP contribution in [0.5, 0.6) is 0 Å². The third-order valence-electron chi connectivity index (χ3n) is 12.4. The number of rotatable bonds is 19. The van der Waals surface area contributed by atoms with Crippen LogP contribution in [0, 0.1) is 15.7 Å². The summed E-state index contributed by atoms with van der Waals surface area (Å²) < 4.78 is 6.28. The number of benzene rings is 5. The summed E-state index contributed by atoms with van der Waals surface area (Å²) in [6.45, 7) is 4.10. The number of Topliss-reactive ketones (excluding diaryl/α,β-unsaturated/α-hetero) is 1. The molecule has 5 N–H and O–H groups in total. The summed E-state index contributed by atoms with van der Waals surface area (Å²) in [5.41, 5.74) is 8.21. The fraction of sp³-hybridized carbons (Fsp3) is 0.154. The summed E-state index contributed by atoms with van der Waals surface area (Å²) in [5.74, 6) is -4.74. The Morgan fingerprint density at radius 2 is 1.21 bits per heavy atom. The Bertz CT molecular complexity index is 3180. The highest BCUT2D eigenvalue weighted by Crippen LogP contribution is 2.45. The van der Waals surface area contributed by atoms with Crippen LogP contribution in [0.25, 0.3) is 49.2 Å². The first-order chi connectivity index (χ1) is 32.2. The van der Waals surface area contributed by atoms with Crippen LogP contribution >= 0.6 is 0 Å².